The van der Waals surface area contributed by atoms with Crippen molar-refractivity contribution in [2.24, 2.45) is 7.05 Å². The summed E-state index contributed by atoms with van der Waals surface area (Å²) >= 11 is 6.24. The first-order valence-electron chi connectivity index (χ1n) is 8.92. The molecule has 2 atom stereocenters. The lowest BCUT2D eigenvalue weighted by Gasteiger charge is -2.22. The van der Waals surface area contributed by atoms with E-state index in [-0.39, 0.29) is 12.1 Å². The second-order valence-electron chi connectivity index (χ2n) is 6.47. The molecule has 2 unspecified atom stereocenters. The summed E-state index contributed by atoms with van der Waals surface area (Å²) < 4.78 is 7.20. The van der Waals surface area contributed by atoms with Crippen LogP contribution in [0.2, 0.25) is 5.02 Å². The summed E-state index contributed by atoms with van der Waals surface area (Å²) in [5, 5.41) is 6.58. The first kappa shape index (κ1) is 19.8. The molecule has 1 aromatic heterocycles. The Morgan fingerprint density at radius 3 is 2.64 bits per heavy atom. The minimum Gasteiger partial charge on any atom is -0.497 e. The van der Waals surface area contributed by atoms with Crippen LogP contribution in [0.15, 0.2) is 60.9 Å². The van der Waals surface area contributed by atoms with E-state index in [1.807, 2.05) is 67.2 Å². The van der Waals surface area contributed by atoms with Crippen LogP contribution in [-0.2, 0) is 7.05 Å². The highest BCUT2D eigenvalue weighted by Gasteiger charge is 2.22. The number of hydrogen-bond acceptors (Lipinski definition) is 3. The molecule has 7 heteroatoms. The number of aryl methyl sites for hydroxylation is 1. The maximum absolute atomic E-state index is 12.7. The van der Waals surface area contributed by atoms with Crippen LogP contribution in [0.3, 0.4) is 0 Å². The quantitative estimate of drug-likeness (QED) is 0.652. The fourth-order valence-corrected chi connectivity index (χ4v) is 3.35. The van der Waals surface area contributed by atoms with Crippen molar-refractivity contribution in [2.75, 3.05) is 7.11 Å². The van der Waals surface area contributed by atoms with Crippen molar-refractivity contribution in [3.05, 3.63) is 82.9 Å². The molecule has 0 bridgehead atoms. The third kappa shape index (κ3) is 4.46. The number of hydrogen-bond donors (Lipinski definition) is 2. The number of urea groups is 1. The Hall–Kier alpha value is -2.99. The molecule has 0 spiro atoms. The van der Waals surface area contributed by atoms with Crippen LogP contribution in [0.5, 0.6) is 5.75 Å². The SMILES string of the molecule is COc1cccc(C(NC(=O)NC(C)c2ccccc2Cl)c2nccn2C)c1. The molecule has 28 heavy (non-hydrogen) atoms. The van der Waals surface area contributed by atoms with E-state index in [1.54, 1.807) is 19.4 Å². The maximum Gasteiger partial charge on any atom is 0.316 e. The first-order valence-corrected chi connectivity index (χ1v) is 9.30. The van der Waals surface area contributed by atoms with E-state index in [1.165, 1.54) is 0 Å². The van der Waals surface area contributed by atoms with Crippen molar-refractivity contribution in [3.8, 4) is 5.75 Å². The van der Waals surface area contributed by atoms with Gasteiger partial charge in [0, 0.05) is 24.5 Å². The van der Waals surface area contributed by atoms with Gasteiger partial charge in [-0.1, -0.05) is 41.9 Å². The van der Waals surface area contributed by atoms with Gasteiger partial charge in [0.25, 0.3) is 0 Å². The van der Waals surface area contributed by atoms with Gasteiger partial charge < -0.3 is 19.9 Å². The van der Waals surface area contributed by atoms with Gasteiger partial charge in [0.2, 0.25) is 0 Å². The van der Waals surface area contributed by atoms with Gasteiger partial charge in [-0.25, -0.2) is 9.78 Å². The number of ether oxygens (including phenoxy) is 1. The van der Waals surface area contributed by atoms with Crippen LogP contribution in [0, 0.1) is 0 Å². The third-order valence-corrected chi connectivity index (χ3v) is 4.88. The van der Waals surface area contributed by atoms with E-state index in [0.717, 1.165) is 11.1 Å². The van der Waals surface area contributed by atoms with Crippen molar-refractivity contribution >= 4 is 17.6 Å². The van der Waals surface area contributed by atoms with Gasteiger partial charge in [-0.2, -0.15) is 0 Å². The number of nitrogens with zero attached hydrogens (tertiary/aromatic N) is 2. The smallest absolute Gasteiger partial charge is 0.316 e. The van der Waals surface area contributed by atoms with Crippen molar-refractivity contribution in [2.45, 2.75) is 19.0 Å². The Balaban J connectivity index is 1.82. The molecule has 0 aliphatic rings. The summed E-state index contributed by atoms with van der Waals surface area (Å²) in [4.78, 5) is 17.2. The van der Waals surface area contributed by atoms with Gasteiger partial charge >= 0.3 is 6.03 Å². The molecule has 0 aliphatic carbocycles. The number of imidazole rings is 1. The molecule has 146 valence electrons. The highest BCUT2D eigenvalue weighted by Crippen LogP contribution is 2.25. The normalized spacial score (nSPS) is 12.9. The van der Waals surface area contributed by atoms with E-state index in [2.05, 4.69) is 15.6 Å². The molecular formula is C21H23ClN4O2. The second kappa shape index (κ2) is 8.80. The zero-order valence-electron chi connectivity index (χ0n) is 16.0. The fourth-order valence-electron chi connectivity index (χ4n) is 3.05. The van der Waals surface area contributed by atoms with E-state index in [4.69, 9.17) is 16.3 Å². The van der Waals surface area contributed by atoms with E-state index < -0.39 is 6.04 Å². The number of nitrogens with one attached hydrogen (secondary N) is 2. The van der Waals surface area contributed by atoms with Crippen LogP contribution in [0.1, 0.15) is 36.0 Å². The minimum absolute atomic E-state index is 0.249. The number of halogens is 1. The summed E-state index contributed by atoms with van der Waals surface area (Å²) in [5.41, 5.74) is 1.73. The topological polar surface area (TPSA) is 68.2 Å². The Morgan fingerprint density at radius 2 is 1.96 bits per heavy atom. The predicted octanol–water partition coefficient (Wildman–Crippen LogP) is 4.23. The Labute approximate surface area is 169 Å². The van der Waals surface area contributed by atoms with Crippen molar-refractivity contribution in [1.29, 1.82) is 0 Å². The molecule has 3 rings (SSSR count). The largest absolute Gasteiger partial charge is 0.497 e. The summed E-state index contributed by atoms with van der Waals surface area (Å²) in [5.74, 6) is 1.43. The number of carbonyl (C=O) groups is 1. The number of aromatic nitrogens is 2. The standard InChI is InChI=1S/C21H23ClN4O2/c1-14(17-9-4-5-10-18(17)22)24-21(27)25-19(20-23-11-12-26(20)2)15-7-6-8-16(13-15)28-3/h4-14,19H,1-3H3,(H2,24,25,27). The molecule has 6 nitrogen and oxygen atoms in total. The van der Waals surface area contributed by atoms with Crippen molar-refractivity contribution in [1.82, 2.24) is 20.2 Å². The lowest BCUT2D eigenvalue weighted by molar-refractivity contribution is 0.235. The molecule has 0 aliphatic heterocycles. The number of amides is 2. The van der Waals surface area contributed by atoms with Crippen LogP contribution >= 0.6 is 11.6 Å². The number of methoxy groups -OCH3 is 1. The van der Waals surface area contributed by atoms with E-state index >= 15 is 0 Å². The summed E-state index contributed by atoms with van der Waals surface area (Å²) in [6, 6.07) is 14.0. The Morgan fingerprint density at radius 1 is 1.18 bits per heavy atom. The number of benzene rings is 2. The molecule has 2 aromatic carbocycles. The van der Waals surface area contributed by atoms with Crippen molar-refractivity contribution < 1.29 is 9.53 Å². The third-order valence-electron chi connectivity index (χ3n) is 4.54. The molecule has 0 fully saturated rings. The van der Waals surface area contributed by atoms with E-state index in [0.29, 0.717) is 16.6 Å². The van der Waals surface area contributed by atoms with Crippen LogP contribution in [0.25, 0.3) is 0 Å². The Bertz CT molecular complexity index is 957. The average molecular weight is 399 g/mol. The highest BCUT2D eigenvalue weighted by molar-refractivity contribution is 6.31. The highest BCUT2D eigenvalue weighted by atomic mass is 35.5. The lowest BCUT2D eigenvalue weighted by Crippen LogP contribution is -2.40. The van der Waals surface area contributed by atoms with Crippen LogP contribution < -0.4 is 15.4 Å². The molecular weight excluding hydrogens is 376 g/mol. The maximum atomic E-state index is 12.7. The summed E-state index contributed by atoms with van der Waals surface area (Å²) in [7, 11) is 3.50. The lowest BCUT2D eigenvalue weighted by atomic mass is 10.1. The monoisotopic (exact) mass is 398 g/mol. The van der Waals surface area contributed by atoms with Gasteiger partial charge in [0.15, 0.2) is 0 Å². The first-order chi connectivity index (χ1) is 13.5. The van der Waals surface area contributed by atoms with Crippen LogP contribution in [0.4, 0.5) is 4.79 Å². The zero-order valence-corrected chi connectivity index (χ0v) is 16.8. The molecule has 2 N–H and O–H groups in total. The molecule has 0 saturated heterocycles. The van der Waals surface area contributed by atoms with Gasteiger partial charge in [-0.15, -0.1) is 0 Å². The van der Waals surface area contributed by atoms with Gasteiger partial charge in [0.1, 0.15) is 17.6 Å². The van der Waals surface area contributed by atoms with Gasteiger partial charge in [-0.05, 0) is 36.2 Å². The van der Waals surface area contributed by atoms with E-state index in [9.17, 15) is 4.79 Å². The molecule has 0 saturated carbocycles. The summed E-state index contributed by atoms with van der Waals surface area (Å²) in [6.07, 6.45) is 3.54. The molecule has 3 aromatic rings. The zero-order chi connectivity index (χ0) is 20.1. The minimum atomic E-state index is -0.437. The number of rotatable bonds is 6. The molecule has 1 heterocycles. The second-order valence-corrected chi connectivity index (χ2v) is 6.87. The van der Waals surface area contributed by atoms with Gasteiger partial charge in [0.05, 0.1) is 13.2 Å². The molecule has 2 amide bonds. The summed E-state index contributed by atoms with van der Waals surface area (Å²) in [6.45, 7) is 1.89. The predicted molar refractivity (Wildman–Crippen MR) is 110 cm³/mol. The fraction of sp³-hybridized carbons (Fsp3) is 0.238. The average Bonchev–Trinajstić information content (AvgIpc) is 3.12. The van der Waals surface area contributed by atoms with Crippen molar-refractivity contribution in [3.63, 3.8) is 0 Å². The Kier molecular flexibility index (Phi) is 6.21. The van der Waals surface area contributed by atoms with Gasteiger partial charge in [-0.3, -0.25) is 0 Å². The number of carbonyl (C=O) groups excluding carboxylic acids is 1. The van der Waals surface area contributed by atoms with Crippen LogP contribution in [-0.4, -0.2) is 22.7 Å². The molecule has 0 radical (unpaired) electrons.